The van der Waals surface area contributed by atoms with Gasteiger partial charge in [0.15, 0.2) is 0 Å². The van der Waals surface area contributed by atoms with E-state index in [1.165, 1.54) is 17.5 Å². The summed E-state index contributed by atoms with van der Waals surface area (Å²) in [6.07, 6.45) is 4.96. The highest BCUT2D eigenvalue weighted by molar-refractivity contribution is 5.39. The van der Waals surface area contributed by atoms with Crippen molar-refractivity contribution < 1.29 is 9.84 Å². The van der Waals surface area contributed by atoms with Gasteiger partial charge in [-0.05, 0) is 49.3 Å². The van der Waals surface area contributed by atoms with Gasteiger partial charge in [-0.2, -0.15) is 0 Å². The van der Waals surface area contributed by atoms with Crippen molar-refractivity contribution in [2.45, 2.75) is 71.0 Å². The van der Waals surface area contributed by atoms with Gasteiger partial charge in [-0.25, -0.2) is 0 Å². The molecule has 1 saturated carbocycles. The third-order valence-corrected chi connectivity index (χ3v) is 3.99. The molecule has 106 valence electrons. The molecule has 0 aliphatic heterocycles. The van der Waals surface area contributed by atoms with Crippen LogP contribution in [-0.4, -0.2) is 17.3 Å². The number of hydrogen-bond donors (Lipinski definition) is 1. The first-order chi connectivity index (χ1) is 9.08. The van der Waals surface area contributed by atoms with Gasteiger partial charge >= 0.3 is 0 Å². The quantitative estimate of drug-likeness (QED) is 0.828. The van der Waals surface area contributed by atoms with Gasteiger partial charge in [0.05, 0.1) is 6.10 Å². The molecule has 2 unspecified atom stereocenters. The molecule has 2 heteroatoms. The predicted octanol–water partition coefficient (Wildman–Crippen LogP) is 4.19. The largest absolute Gasteiger partial charge is 0.487 e. The van der Waals surface area contributed by atoms with Crippen molar-refractivity contribution in [1.29, 1.82) is 0 Å². The summed E-state index contributed by atoms with van der Waals surface area (Å²) in [7, 11) is 0. The number of aliphatic hydroxyl groups excluding tert-OH is 1. The summed E-state index contributed by atoms with van der Waals surface area (Å²) in [4.78, 5) is 0. The van der Waals surface area contributed by atoms with Gasteiger partial charge in [-0.15, -0.1) is 0 Å². The van der Waals surface area contributed by atoms with Crippen LogP contribution in [0.5, 0.6) is 5.75 Å². The lowest BCUT2D eigenvalue weighted by atomic mass is 10.00. The Morgan fingerprint density at radius 2 is 1.89 bits per heavy atom. The Balaban J connectivity index is 2.18. The maximum absolute atomic E-state index is 10.2. The zero-order chi connectivity index (χ0) is 13.8. The molecule has 0 spiro atoms. The number of rotatable bonds is 3. The Hall–Kier alpha value is -1.02. The van der Waals surface area contributed by atoms with Crippen LogP contribution in [0.3, 0.4) is 0 Å². The minimum atomic E-state index is -0.317. The van der Waals surface area contributed by atoms with E-state index in [9.17, 15) is 5.11 Å². The molecule has 0 bridgehead atoms. The third kappa shape index (κ3) is 3.73. The van der Waals surface area contributed by atoms with Crippen molar-refractivity contribution in [3.63, 3.8) is 0 Å². The van der Waals surface area contributed by atoms with E-state index in [4.69, 9.17) is 4.74 Å². The maximum Gasteiger partial charge on any atom is 0.124 e. The molecular weight excluding hydrogens is 236 g/mol. The van der Waals surface area contributed by atoms with Gasteiger partial charge in [0, 0.05) is 0 Å². The van der Waals surface area contributed by atoms with Gasteiger partial charge in [0.1, 0.15) is 11.9 Å². The van der Waals surface area contributed by atoms with E-state index in [2.05, 4.69) is 39.0 Å². The fraction of sp³-hybridized carbons (Fsp3) is 0.647. The van der Waals surface area contributed by atoms with E-state index in [0.29, 0.717) is 5.92 Å². The van der Waals surface area contributed by atoms with Crippen LogP contribution in [0.4, 0.5) is 0 Å². The zero-order valence-corrected chi connectivity index (χ0v) is 12.4. The lowest BCUT2D eigenvalue weighted by Crippen LogP contribution is -2.30. The SMILES string of the molecule is Cc1ccc(C(C)C)c(OC2CCCCCC2O)c1. The van der Waals surface area contributed by atoms with E-state index < -0.39 is 0 Å². The zero-order valence-electron chi connectivity index (χ0n) is 12.4. The van der Waals surface area contributed by atoms with E-state index in [1.54, 1.807) is 0 Å². The smallest absolute Gasteiger partial charge is 0.124 e. The molecule has 1 aromatic rings. The number of hydrogen-bond acceptors (Lipinski definition) is 2. The fourth-order valence-electron chi connectivity index (χ4n) is 2.78. The summed E-state index contributed by atoms with van der Waals surface area (Å²) in [5, 5.41) is 10.2. The predicted molar refractivity (Wildman–Crippen MR) is 78.8 cm³/mol. The van der Waals surface area contributed by atoms with Crippen LogP contribution in [0.25, 0.3) is 0 Å². The van der Waals surface area contributed by atoms with Gasteiger partial charge in [-0.3, -0.25) is 0 Å². The number of aliphatic hydroxyl groups is 1. The Morgan fingerprint density at radius 3 is 2.63 bits per heavy atom. The van der Waals surface area contributed by atoms with Gasteiger partial charge in [0.2, 0.25) is 0 Å². The van der Waals surface area contributed by atoms with E-state index >= 15 is 0 Å². The molecular formula is C17H26O2. The Kier molecular flexibility index (Phi) is 4.87. The highest BCUT2D eigenvalue weighted by Gasteiger charge is 2.24. The van der Waals surface area contributed by atoms with Crippen molar-refractivity contribution in [3.8, 4) is 5.75 Å². The van der Waals surface area contributed by atoms with Crippen LogP contribution in [0.2, 0.25) is 0 Å². The minimum Gasteiger partial charge on any atom is -0.487 e. The summed E-state index contributed by atoms with van der Waals surface area (Å²) in [5.74, 6) is 1.40. The second-order valence-electron chi connectivity index (χ2n) is 6.06. The lowest BCUT2D eigenvalue weighted by molar-refractivity contribution is 0.0313. The standard InChI is InChI=1S/C17H26O2/c1-12(2)14-10-9-13(3)11-17(14)19-16-8-6-4-5-7-15(16)18/h9-12,15-16,18H,4-8H2,1-3H3. The van der Waals surface area contributed by atoms with Crippen molar-refractivity contribution in [3.05, 3.63) is 29.3 Å². The highest BCUT2D eigenvalue weighted by atomic mass is 16.5. The molecule has 1 fully saturated rings. The van der Waals surface area contributed by atoms with Gasteiger partial charge in [0.25, 0.3) is 0 Å². The van der Waals surface area contributed by atoms with Crippen molar-refractivity contribution in [2.24, 2.45) is 0 Å². The molecule has 0 amide bonds. The van der Waals surface area contributed by atoms with E-state index in [0.717, 1.165) is 31.4 Å². The van der Waals surface area contributed by atoms with Crippen LogP contribution in [-0.2, 0) is 0 Å². The second-order valence-corrected chi connectivity index (χ2v) is 6.06. The Bertz CT molecular complexity index is 412. The summed E-state index contributed by atoms with van der Waals surface area (Å²) >= 11 is 0. The molecule has 2 rings (SSSR count). The average molecular weight is 262 g/mol. The van der Waals surface area contributed by atoms with Crippen LogP contribution in [0.1, 0.15) is 63.0 Å². The number of benzene rings is 1. The van der Waals surface area contributed by atoms with Crippen LogP contribution >= 0.6 is 0 Å². The summed E-state index contributed by atoms with van der Waals surface area (Å²) in [6, 6.07) is 6.39. The molecule has 0 saturated heterocycles. The van der Waals surface area contributed by atoms with Crippen LogP contribution < -0.4 is 4.74 Å². The van der Waals surface area contributed by atoms with E-state index in [1.807, 2.05) is 0 Å². The lowest BCUT2D eigenvalue weighted by Gasteiger charge is -2.24. The normalized spacial score (nSPS) is 24.3. The van der Waals surface area contributed by atoms with Crippen LogP contribution in [0, 0.1) is 6.92 Å². The summed E-state index contributed by atoms with van der Waals surface area (Å²) < 4.78 is 6.17. The molecule has 19 heavy (non-hydrogen) atoms. The molecule has 0 aromatic heterocycles. The van der Waals surface area contributed by atoms with E-state index in [-0.39, 0.29) is 12.2 Å². The number of aryl methyl sites for hydroxylation is 1. The topological polar surface area (TPSA) is 29.5 Å². The Morgan fingerprint density at radius 1 is 1.16 bits per heavy atom. The molecule has 2 atom stereocenters. The van der Waals surface area contributed by atoms with Crippen molar-refractivity contribution >= 4 is 0 Å². The Labute approximate surface area is 116 Å². The first-order valence-electron chi connectivity index (χ1n) is 7.53. The second kappa shape index (κ2) is 6.42. The molecule has 0 heterocycles. The molecule has 1 aliphatic carbocycles. The fourth-order valence-corrected chi connectivity index (χ4v) is 2.78. The molecule has 2 nitrogen and oxygen atoms in total. The highest BCUT2D eigenvalue weighted by Crippen LogP contribution is 2.31. The summed E-state index contributed by atoms with van der Waals surface area (Å²) in [6.45, 7) is 6.45. The minimum absolute atomic E-state index is 0.0400. The van der Waals surface area contributed by atoms with Crippen LogP contribution in [0.15, 0.2) is 18.2 Å². The first-order valence-corrected chi connectivity index (χ1v) is 7.53. The number of ether oxygens (including phenoxy) is 1. The maximum atomic E-state index is 10.2. The van der Waals surface area contributed by atoms with Crippen molar-refractivity contribution in [1.82, 2.24) is 0 Å². The molecule has 0 radical (unpaired) electrons. The van der Waals surface area contributed by atoms with Gasteiger partial charge < -0.3 is 9.84 Å². The average Bonchev–Trinajstić information content (AvgIpc) is 2.55. The summed E-state index contributed by atoms with van der Waals surface area (Å²) in [5.41, 5.74) is 2.45. The van der Waals surface area contributed by atoms with Gasteiger partial charge in [-0.1, -0.05) is 38.8 Å². The third-order valence-electron chi connectivity index (χ3n) is 3.99. The molecule has 1 aromatic carbocycles. The van der Waals surface area contributed by atoms with Crippen molar-refractivity contribution in [2.75, 3.05) is 0 Å². The first kappa shape index (κ1) is 14.4. The molecule has 1 aliphatic rings. The molecule has 1 N–H and O–H groups in total. The monoisotopic (exact) mass is 262 g/mol.